The van der Waals surface area contributed by atoms with Gasteiger partial charge in [0.25, 0.3) is 5.91 Å². The maximum Gasteiger partial charge on any atom is 0.307 e. The Morgan fingerprint density at radius 2 is 2.00 bits per heavy atom. The van der Waals surface area contributed by atoms with Gasteiger partial charge in [0.1, 0.15) is 0 Å². The summed E-state index contributed by atoms with van der Waals surface area (Å²) in [7, 11) is 1.53. The Kier molecular flexibility index (Phi) is 5.59. The fourth-order valence-corrected chi connectivity index (χ4v) is 3.93. The van der Waals surface area contributed by atoms with Crippen molar-refractivity contribution < 1.29 is 24.2 Å². The van der Waals surface area contributed by atoms with E-state index in [1.807, 2.05) is 19.1 Å². The summed E-state index contributed by atoms with van der Waals surface area (Å²) in [6.07, 6.45) is 6.06. The van der Waals surface area contributed by atoms with E-state index in [-0.39, 0.29) is 29.1 Å². The van der Waals surface area contributed by atoms with Crippen molar-refractivity contribution in [3.63, 3.8) is 0 Å². The van der Waals surface area contributed by atoms with E-state index in [4.69, 9.17) is 4.74 Å². The first-order valence-electron chi connectivity index (χ1n) is 9.02. The third-order valence-electron chi connectivity index (χ3n) is 5.20. The van der Waals surface area contributed by atoms with Gasteiger partial charge in [0.15, 0.2) is 5.69 Å². The predicted molar refractivity (Wildman–Crippen MR) is 96.1 cm³/mol. The summed E-state index contributed by atoms with van der Waals surface area (Å²) in [6.45, 7) is 3.08. The maximum atomic E-state index is 12.9. The zero-order chi connectivity index (χ0) is 19.6. The molecule has 9 heteroatoms. The summed E-state index contributed by atoms with van der Waals surface area (Å²) in [5.74, 6) is -3.35. The zero-order valence-corrected chi connectivity index (χ0v) is 15.3. The normalized spacial score (nSPS) is 25.6. The lowest BCUT2D eigenvalue weighted by molar-refractivity contribution is -0.146. The molecule has 1 heterocycles. The number of ether oxygens (including phenoxy) is 1. The van der Waals surface area contributed by atoms with Crippen molar-refractivity contribution in [1.29, 1.82) is 0 Å². The van der Waals surface area contributed by atoms with Gasteiger partial charge < -0.3 is 20.5 Å². The number of hydrogen-bond acceptors (Lipinski definition) is 5. The van der Waals surface area contributed by atoms with Crippen molar-refractivity contribution in [2.24, 2.45) is 23.7 Å². The van der Waals surface area contributed by atoms with E-state index in [0.717, 1.165) is 0 Å². The van der Waals surface area contributed by atoms with Gasteiger partial charge in [-0.05, 0) is 25.2 Å². The summed E-state index contributed by atoms with van der Waals surface area (Å²) in [6, 6.07) is 0. The minimum atomic E-state index is -0.964. The lowest BCUT2D eigenvalue weighted by Gasteiger charge is -2.23. The Balaban J connectivity index is 1.77. The van der Waals surface area contributed by atoms with Gasteiger partial charge in [0.05, 0.1) is 24.1 Å². The van der Waals surface area contributed by atoms with Crippen LogP contribution < -0.4 is 10.6 Å². The number of carboxylic acid groups (broad SMARTS) is 1. The number of rotatable bonds is 8. The highest BCUT2D eigenvalue weighted by Gasteiger charge is 2.51. The van der Waals surface area contributed by atoms with E-state index in [9.17, 15) is 19.5 Å². The van der Waals surface area contributed by atoms with Crippen molar-refractivity contribution in [2.75, 3.05) is 25.6 Å². The Morgan fingerprint density at radius 1 is 1.30 bits per heavy atom. The number of carboxylic acids is 1. The van der Waals surface area contributed by atoms with E-state index >= 15 is 0 Å². The van der Waals surface area contributed by atoms with Crippen molar-refractivity contribution in [2.45, 2.75) is 19.9 Å². The van der Waals surface area contributed by atoms with Crippen LogP contribution >= 0.6 is 0 Å². The molecule has 1 aromatic rings. The maximum absolute atomic E-state index is 12.9. The van der Waals surface area contributed by atoms with Crippen LogP contribution in [0.1, 0.15) is 23.8 Å². The number of nitrogens with zero attached hydrogens (tertiary/aromatic N) is 2. The van der Waals surface area contributed by atoms with Crippen LogP contribution in [-0.2, 0) is 20.9 Å². The fraction of sp³-hybridized carbons (Fsp3) is 0.556. The number of aromatic nitrogens is 2. The summed E-state index contributed by atoms with van der Waals surface area (Å²) < 4.78 is 6.46. The van der Waals surface area contributed by atoms with Crippen LogP contribution in [0.4, 0.5) is 5.69 Å². The van der Waals surface area contributed by atoms with Crippen molar-refractivity contribution in [3.05, 3.63) is 24.0 Å². The molecule has 0 aromatic carbocycles. The SMILES string of the molecule is CCn1cc(NC(=O)C2C3C=CC(C3)C2C(=O)O)c(C(=O)NCCOC)n1. The average Bonchev–Trinajstić information content (AvgIpc) is 3.35. The molecule has 4 atom stereocenters. The van der Waals surface area contributed by atoms with Crippen LogP contribution in [0.15, 0.2) is 18.3 Å². The highest BCUT2D eigenvalue weighted by molar-refractivity contribution is 6.03. The molecule has 0 aliphatic heterocycles. The van der Waals surface area contributed by atoms with E-state index in [0.29, 0.717) is 26.1 Å². The number of fused-ring (bicyclic) bond motifs is 2. The first-order valence-corrected chi connectivity index (χ1v) is 9.02. The second kappa shape index (κ2) is 7.91. The van der Waals surface area contributed by atoms with Crippen LogP contribution in [0.5, 0.6) is 0 Å². The highest BCUT2D eigenvalue weighted by atomic mass is 16.5. The molecular formula is C18H24N4O5. The van der Waals surface area contributed by atoms with E-state index in [2.05, 4.69) is 15.7 Å². The van der Waals surface area contributed by atoms with Crippen LogP contribution in [0.2, 0.25) is 0 Å². The van der Waals surface area contributed by atoms with Crippen molar-refractivity contribution in [1.82, 2.24) is 15.1 Å². The molecule has 1 saturated carbocycles. The van der Waals surface area contributed by atoms with Crippen LogP contribution in [0, 0.1) is 23.7 Å². The predicted octanol–water partition coefficient (Wildman–Crippen LogP) is 0.741. The Bertz CT molecular complexity index is 772. The molecule has 3 rings (SSSR count). The number of aryl methyl sites for hydroxylation is 1. The molecular weight excluding hydrogens is 352 g/mol. The van der Waals surface area contributed by atoms with Gasteiger partial charge in [-0.25, -0.2) is 0 Å². The number of allylic oxidation sites excluding steroid dienone is 2. The molecule has 3 N–H and O–H groups in total. The van der Waals surface area contributed by atoms with Gasteiger partial charge in [-0.2, -0.15) is 5.10 Å². The molecule has 0 saturated heterocycles. The minimum Gasteiger partial charge on any atom is -0.481 e. The second-order valence-electron chi connectivity index (χ2n) is 6.82. The smallest absolute Gasteiger partial charge is 0.307 e. The molecule has 9 nitrogen and oxygen atoms in total. The molecule has 1 fully saturated rings. The number of nitrogens with one attached hydrogen (secondary N) is 2. The quantitative estimate of drug-likeness (QED) is 0.454. The zero-order valence-electron chi connectivity index (χ0n) is 15.3. The van der Waals surface area contributed by atoms with Gasteiger partial charge in [-0.3, -0.25) is 19.1 Å². The van der Waals surface area contributed by atoms with Crippen molar-refractivity contribution in [3.8, 4) is 0 Å². The molecule has 146 valence electrons. The topological polar surface area (TPSA) is 123 Å². The Hall–Kier alpha value is -2.68. The molecule has 2 aliphatic carbocycles. The number of carbonyl (C=O) groups excluding carboxylic acids is 2. The average molecular weight is 376 g/mol. The summed E-state index contributed by atoms with van der Waals surface area (Å²) >= 11 is 0. The molecule has 0 radical (unpaired) electrons. The summed E-state index contributed by atoms with van der Waals surface area (Å²) in [4.78, 5) is 36.9. The number of aliphatic carboxylic acids is 1. The van der Waals surface area contributed by atoms with E-state index in [1.54, 1.807) is 10.9 Å². The Morgan fingerprint density at radius 3 is 2.63 bits per heavy atom. The fourth-order valence-electron chi connectivity index (χ4n) is 3.93. The van der Waals surface area contributed by atoms with E-state index in [1.165, 1.54) is 7.11 Å². The minimum absolute atomic E-state index is 0.0868. The van der Waals surface area contributed by atoms with Gasteiger partial charge in [-0.15, -0.1) is 0 Å². The summed E-state index contributed by atoms with van der Waals surface area (Å²) in [5, 5.41) is 19.1. The van der Waals surface area contributed by atoms with Crippen LogP contribution in [-0.4, -0.2) is 52.9 Å². The molecule has 2 aliphatic rings. The van der Waals surface area contributed by atoms with Crippen LogP contribution in [0.3, 0.4) is 0 Å². The molecule has 0 spiro atoms. The molecule has 4 unspecified atom stereocenters. The van der Waals surface area contributed by atoms with Crippen LogP contribution in [0.25, 0.3) is 0 Å². The monoisotopic (exact) mass is 376 g/mol. The lowest BCUT2D eigenvalue weighted by atomic mass is 9.82. The molecule has 27 heavy (non-hydrogen) atoms. The third kappa shape index (κ3) is 3.73. The first kappa shape index (κ1) is 19.1. The number of carbonyl (C=O) groups is 3. The second-order valence-corrected chi connectivity index (χ2v) is 6.82. The van der Waals surface area contributed by atoms with Gasteiger partial charge in [0, 0.05) is 26.4 Å². The van der Waals surface area contributed by atoms with Gasteiger partial charge in [-0.1, -0.05) is 12.2 Å². The molecule has 2 amide bonds. The number of methoxy groups -OCH3 is 1. The molecule has 1 aromatic heterocycles. The molecule has 2 bridgehead atoms. The lowest BCUT2D eigenvalue weighted by Crippen LogP contribution is -2.37. The number of anilines is 1. The highest BCUT2D eigenvalue weighted by Crippen LogP contribution is 2.48. The first-order chi connectivity index (χ1) is 13.0. The van der Waals surface area contributed by atoms with E-state index < -0.39 is 23.7 Å². The standard InChI is InChI=1S/C18H24N4O5/c1-3-22-9-12(15(21-22)17(24)19-6-7-27-2)20-16(23)13-10-4-5-11(8-10)14(13)18(25)26/h4-5,9-11,13-14H,3,6-8H2,1-2H3,(H,19,24)(H,20,23)(H,25,26). The Labute approximate surface area is 156 Å². The number of hydrogen-bond donors (Lipinski definition) is 3. The third-order valence-corrected chi connectivity index (χ3v) is 5.20. The van der Waals surface area contributed by atoms with Crippen molar-refractivity contribution >= 4 is 23.5 Å². The largest absolute Gasteiger partial charge is 0.481 e. The van der Waals surface area contributed by atoms with Gasteiger partial charge >= 0.3 is 5.97 Å². The number of amides is 2. The summed E-state index contributed by atoms with van der Waals surface area (Å²) in [5.41, 5.74) is 0.388. The van der Waals surface area contributed by atoms with Gasteiger partial charge in [0.2, 0.25) is 5.91 Å².